The monoisotopic (exact) mass is 616 g/mol. The van der Waals surface area contributed by atoms with E-state index in [9.17, 15) is 5.26 Å². The molecular formula is C27H20Cl4N6OS. The Morgan fingerprint density at radius 2 is 1.62 bits per heavy atom. The third-order valence-electron chi connectivity index (χ3n) is 7.16. The number of H-pyrrole nitrogens is 2. The number of nitrogens with one attached hydrogen (secondary N) is 2. The van der Waals surface area contributed by atoms with Crippen LogP contribution in [0.3, 0.4) is 0 Å². The van der Waals surface area contributed by atoms with Gasteiger partial charge in [-0.3, -0.25) is 5.10 Å². The van der Waals surface area contributed by atoms with E-state index in [2.05, 4.69) is 26.2 Å². The highest BCUT2D eigenvalue weighted by molar-refractivity contribution is 8.04. The maximum absolute atomic E-state index is 11.1. The molecule has 1 atom stereocenters. The second kappa shape index (κ2) is 10.4. The van der Waals surface area contributed by atoms with Gasteiger partial charge in [-0.1, -0.05) is 70.3 Å². The Balaban J connectivity index is 1.84. The van der Waals surface area contributed by atoms with E-state index in [4.69, 9.17) is 56.1 Å². The van der Waals surface area contributed by atoms with Gasteiger partial charge in [-0.15, -0.1) is 0 Å². The van der Waals surface area contributed by atoms with Crippen molar-refractivity contribution in [2.24, 2.45) is 0 Å². The van der Waals surface area contributed by atoms with Crippen molar-refractivity contribution in [1.29, 1.82) is 5.26 Å². The van der Waals surface area contributed by atoms with Crippen LogP contribution in [0.1, 0.15) is 22.6 Å². The number of hydrogen-bond acceptors (Lipinski definition) is 6. The number of rotatable bonds is 5. The minimum atomic E-state index is -1.30. The number of aromatic amines is 2. The fourth-order valence-corrected chi connectivity index (χ4v) is 8.54. The number of thioether (sulfide) groups is 1. The molecule has 12 heteroatoms. The van der Waals surface area contributed by atoms with Gasteiger partial charge in [0.25, 0.3) is 0 Å². The minimum absolute atomic E-state index is 0.376. The molecule has 1 fully saturated rings. The van der Waals surface area contributed by atoms with Gasteiger partial charge >= 0.3 is 0 Å². The van der Waals surface area contributed by atoms with E-state index in [1.54, 1.807) is 42.9 Å². The van der Waals surface area contributed by atoms with Gasteiger partial charge in [-0.2, -0.15) is 10.4 Å². The van der Waals surface area contributed by atoms with E-state index in [1.165, 1.54) is 11.8 Å². The normalized spacial score (nSPS) is 20.8. The molecular weight excluding hydrogens is 598 g/mol. The van der Waals surface area contributed by atoms with Crippen LogP contribution in [0, 0.1) is 11.3 Å². The highest BCUT2D eigenvalue weighted by atomic mass is 35.5. The predicted octanol–water partition coefficient (Wildman–Crippen LogP) is 6.79. The fourth-order valence-electron chi connectivity index (χ4n) is 5.63. The van der Waals surface area contributed by atoms with Gasteiger partial charge in [0.1, 0.15) is 10.6 Å². The summed E-state index contributed by atoms with van der Waals surface area (Å²) in [5.74, 6) is 0.588. The molecule has 0 saturated carbocycles. The molecule has 1 saturated heterocycles. The molecule has 2 aromatic carbocycles. The molecule has 4 heterocycles. The first-order chi connectivity index (χ1) is 18.9. The third kappa shape index (κ3) is 3.99. The molecule has 1 unspecified atom stereocenters. The summed E-state index contributed by atoms with van der Waals surface area (Å²) in [6.45, 7) is 2.31. The van der Waals surface area contributed by atoms with Gasteiger partial charge in [0.15, 0.2) is 0 Å². The van der Waals surface area contributed by atoms with Crippen LogP contribution in [0.5, 0.6) is 0 Å². The molecule has 2 aliphatic heterocycles. The summed E-state index contributed by atoms with van der Waals surface area (Å²) in [7, 11) is 0. The summed E-state index contributed by atoms with van der Waals surface area (Å²) < 4.78 is 4.52. The lowest BCUT2D eigenvalue weighted by atomic mass is 9.60. The lowest BCUT2D eigenvalue weighted by Gasteiger charge is -2.45. The number of nitriles is 1. The summed E-state index contributed by atoms with van der Waals surface area (Å²) in [5, 5.41) is 21.0. The predicted molar refractivity (Wildman–Crippen MR) is 154 cm³/mol. The van der Waals surface area contributed by atoms with E-state index < -0.39 is 10.2 Å². The Bertz CT molecular complexity index is 1510. The van der Waals surface area contributed by atoms with Gasteiger partial charge in [-0.05, 0) is 41.5 Å². The summed E-state index contributed by atoms with van der Waals surface area (Å²) in [6.07, 6.45) is 5.12. The molecule has 4 aromatic rings. The summed E-state index contributed by atoms with van der Waals surface area (Å²) in [4.78, 5) is 10.3. The van der Waals surface area contributed by atoms with E-state index in [1.807, 2.05) is 18.2 Å². The van der Waals surface area contributed by atoms with Crippen molar-refractivity contribution in [2.75, 3.05) is 26.3 Å². The van der Waals surface area contributed by atoms with Crippen molar-refractivity contribution < 1.29 is 4.74 Å². The minimum Gasteiger partial charge on any atom is -0.378 e. The number of aromatic nitrogens is 4. The zero-order valence-corrected chi connectivity index (χ0v) is 24.1. The van der Waals surface area contributed by atoms with E-state index in [-0.39, 0.29) is 0 Å². The average molecular weight is 618 g/mol. The number of imidazole rings is 1. The van der Waals surface area contributed by atoms with E-state index in [0.29, 0.717) is 74.6 Å². The lowest BCUT2D eigenvalue weighted by Crippen LogP contribution is -2.48. The van der Waals surface area contributed by atoms with Crippen LogP contribution in [0.4, 0.5) is 0 Å². The van der Waals surface area contributed by atoms with Crippen LogP contribution in [0.15, 0.2) is 71.7 Å². The van der Waals surface area contributed by atoms with Crippen molar-refractivity contribution >= 4 is 58.2 Å². The van der Waals surface area contributed by atoms with Crippen molar-refractivity contribution in [3.63, 3.8) is 0 Å². The Morgan fingerprint density at radius 3 is 2.13 bits per heavy atom. The summed E-state index contributed by atoms with van der Waals surface area (Å²) in [5.41, 5.74) is 1.14. The smallest absolute Gasteiger partial charge is 0.139 e. The molecule has 2 N–H and O–H groups in total. The number of allylic oxidation sites excluding steroid dienone is 1. The Kier molecular flexibility index (Phi) is 7.09. The summed E-state index contributed by atoms with van der Waals surface area (Å²) in [6, 6.07) is 15.0. The number of morpholine rings is 1. The fraction of sp³-hybridized carbons (Fsp3) is 0.222. The van der Waals surface area contributed by atoms with Crippen LogP contribution in [-0.4, -0.2) is 51.4 Å². The van der Waals surface area contributed by atoms with Crippen molar-refractivity contribution in [3.8, 4) is 6.07 Å². The maximum Gasteiger partial charge on any atom is 0.139 e. The zero-order chi connectivity index (χ0) is 27.2. The SMILES string of the molecule is N#CC1=C(N2CCOCC2)SC(c2ccn[nH]2)(c2ncc[nH]2)C1(c1ccc(Cl)cc1Cl)c1ccc(Cl)cc1Cl. The Labute approximate surface area is 249 Å². The summed E-state index contributed by atoms with van der Waals surface area (Å²) >= 11 is 28.4. The van der Waals surface area contributed by atoms with Crippen LogP contribution in [-0.2, 0) is 14.9 Å². The number of nitrogens with zero attached hydrogens (tertiary/aromatic N) is 4. The molecule has 6 rings (SSSR count). The molecule has 198 valence electrons. The highest BCUT2D eigenvalue weighted by Crippen LogP contribution is 2.70. The first-order valence-electron chi connectivity index (χ1n) is 12.0. The zero-order valence-electron chi connectivity index (χ0n) is 20.2. The molecule has 0 aliphatic carbocycles. The quantitative estimate of drug-likeness (QED) is 0.256. The molecule has 7 nitrogen and oxygen atoms in total. The van der Waals surface area contributed by atoms with Crippen LogP contribution in [0.25, 0.3) is 0 Å². The van der Waals surface area contributed by atoms with Crippen molar-refractivity contribution in [1.82, 2.24) is 25.1 Å². The molecule has 0 spiro atoms. The standard InChI is InChI=1S/C27H20Cl4N6OS/c28-16-1-3-18(21(30)13-16)26(19-4-2-17(29)14-22(19)31)20(15-32)24(37-9-11-38-12-10-37)39-27(26,23-5-6-35-36-23)25-33-7-8-34-25/h1-8,13-14H,9-12H2,(H,33,34)(H,35,36). The van der Waals surface area contributed by atoms with Gasteiger partial charge < -0.3 is 14.6 Å². The first kappa shape index (κ1) is 26.6. The van der Waals surface area contributed by atoms with Gasteiger partial charge in [0.2, 0.25) is 0 Å². The Hall–Kier alpha value is -2.64. The molecule has 0 bridgehead atoms. The molecule has 2 aliphatic rings. The number of benzene rings is 2. The number of ether oxygens (including phenoxy) is 1. The number of halogens is 4. The van der Waals surface area contributed by atoms with Gasteiger partial charge in [0.05, 0.1) is 41.0 Å². The highest BCUT2D eigenvalue weighted by Gasteiger charge is 2.68. The topological polar surface area (TPSA) is 93.6 Å². The lowest BCUT2D eigenvalue weighted by molar-refractivity contribution is 0.0574. The first-order valence-corrected chi connectivity index (χ1v) is 14.3. The van der Waals surface area contributed by atoms with Crippen LogP contribution >= 0.6 is 58.2 Å². The largest absolute Gasteiger partial charge is 0.378 e. The number of hydrogen-bond donors (Lipinski definition) is 2. The average Bonchev–Trinajstić information content (AvgIpc) is 3.70. The molecule has 2 aromatic heterocycles. The molecule has 0 amide bonds. The van der Waals surface area contributed by atoms with Crippen molar-refractivity contribution in [3.05, 3.63) is 114 Å². The van der Waals surface area contributed by atoms with E-state index >= 15 is 0 Å². The van der Waals surface area contributed by atoms with Gasteiger partial charge in [0, 0.05) is 51.8 Å². The van der Waals surface area contributed by atoms with Crippen LogP contribution < -0.4 is 0 Å². The molecule has 39 heavy (non-hydrogen) atoms. The Morgan fingerprint density at radius 1 is 0.949 bits per heavy atom. The maximum atomic E-state index is 11.1. The van der Waals surface area contributed by atoms with Gasteiger partial charge in [-0.25, -0.2) is 4.98 Å². The second-order valence-electron chi connectivity index (χ2n) is 9.08. The second-order valence-corrected chi connectivity index (χ2v) is 12.0. The van der Waals surface area contributed by atoms with Crippen molar-refractivity contribution in [2.45, 2.75) is 10.2 Å². The van der Waals surface area contributed by atoms with Crippen LogP contribution in [0.2, 0.25) is 20.1 Å². The van der Waals surface area contributed by atoms with E-state index in [0.717, 1.165) is 5.03 Å². The molecule has 0 radical (unpaired) electrons. The third-order valence-corrected chi connectivity index (χ3v) is 9.94.